The lowest BCUT2D eigenvalue weighted by atomic mass is 9.95. The number of hydrogen-bond acceptors (Lipinski definition) is 2. The molecule has 0 heterocycles. The average Bonchev–Trinajstić information content (AvgIpc) is 2.46. The summed E-state index contributed by atoms with van der Waals surface area (Å²) in [6, 6.07) is 7.02. The molecule has 4 heteroatoms. The van der Waals surface area contributed by atoms with Gasteiger partial charge in [-0.25, -0.2) is 8.42 Å². The zero-order chi connectivity index (χ0) is 14.6. The van der Waals surface area contributed by atoms with Gasteiger partial charge in [-0.05, 0) is 31.9 Å². The van der Waals surface area contributed by atoms with E-state index in [0.717, 1.165) is 31.2 Å². The summed E-state index contributed by atoms with van der Waals surface area (Å²) in [6.45, 7) is 2.09. The lowest BCUT2D eigenvalue weighted by Crippen LogP contribution is -2.41. The van der Waals surface area contributed by atoms with Crippen LogP contribution in [-0.2, 0) is 10.0 Å². The van der Waals surface area contributed by atoms with Crippen LogP contribution in [0, 0.1) is 19.3 Å². The normalized spacial score (nSPS) is 17.1. The molecule has 0 radical (unpaired) electrons. The molecule has 2 rings (SSSR count). The quantitative estimate of drug-likeness (QED) is 0.800. The highest BCUT2D eigenvalue weighted by molar-refractivity contribution is 7.89. The Balaban J connectivity index is 2.31. The number of terminal acetylenes is 1. The summed E-state index contributed by atoms with van der Waals surface area (Å²) >= 11 is 0. The predicted molar refractivity (Wildman–Crippen MR) is 80.8 cm³/mol. The maximum atomic E-state index is 12.8. The molecule has 1 aliphatic carbocycles. The van der Waals surface area contributed by atoms with Gasteiger partial charge in [0.1, 0.15) is 0 Å². The fraction of sp³-hybridized carbons (Fsp3) is 0.500. The molecule has 0 spiro atoms. The van der Waals surface area contributed by atoms with Crippen LogP contribution in [0.1, 0.15) is 37.7 Å². The third-order valence-electron chi connectivity index (χ3n) is 3.86. The van der Waals surface area contributed by atoms with Gasteiger partial charge in [-0.1, -0.05) is 42.9 Å². The molecule has 108 valence electrons. The summed E-state index contributed by atoms with van der Waals surface area (Å²) in [7, 11) is -3.49. The van der Waals surface area contributed by atoms with Crippen LogP contribution in [0.2, 0.25) is 0 Å². The van der Waals surface area contributed by atoms with Crippen molar-refractivity contribution in [2.24, 2.45) is 0 Å². The van der Waals surface area contributed by atoms with E-state index in [9.17, 15) is 8.42 Å². The number of benzene rings is 1. The van der Waals surface area contributed by atoms with Crippen LogP contribution < -0.4 is 0 Å². The number of aryl methyl sites for hydroxylation is 1. The van der Waals surface area contributed by atoms with Crippen molar-refractivity contribution in [3.63, 3.8) is 0 Å². The molecule has 0 saturated heterocycles. The largest absolute Gasteiger partial charge is 0.244 e. The van der Waals surface area contributed by atoms with Crippen molar-refractivity contribution in [3.8, 4) is 12.3 Å². The monoisotopic (exact) mass is 291 g/mol. The fourth-order valence-electron chi connectivity index (χ4n) is 2.71. The first kappa shape index (κ1) is 15.1. The minimum Gasteiger partial charge on any atom is -0.207 e. The van der Waals surface area contributed by atoms with E-state index in [2.05, 4.69) is 5.92 Å². The topological polar surface area (TPSA) is 37.4 Å². The molecule has 0 aliphatic heterocycles. The van der Waals surface area contributed by atoms with Gasteiger partial charge in [-0.2, -0.15) is 4.31 Å². The summed E-state index contributed by atoms with van der Waals surface area (Å²) in [5.74, 6) is 2.50. The molecular weight excluding hydrogens is 270 g/mol. The van der Waals surface area contributed by atoms with Crippen LogP contribution >= 0.6 is 0 Å². The van der Waals surface area contributed by atoms with E-state index in [1.807, 2.05) is 19.1 Å². The molecule has 0 bridgehead atoms. The second-order valence-corrected chi connectivity index (χ2v) is 7.25. The molecule has 20 heavy (non-hydrogen) atoms. The Hall–Kier alpha value is -1.31. The van der Waals surface area contributed by atoms with E-state index in [-0.39, 0.29) is 12.6 Å². The van der Waals surface area contributed by atoms with Crippen molar-refractivity contribution >= 4 is 10.0 Å². The molecule has 0 unspecified atom stereocenters. The van der Waals surface area contributed by atoms with Gasteiger partial charge >= 0.3 is 0 Å². The summed E-state index contributed by atoms with van der Waals surface area (Å²) < 4.78 is 27.0. The Bertz CT molecular complexity index is 578. The fourth-order valence-corrected chi connectivity index (χ4v) is 4.31. The lowest BCUT2D eigenvalue weighted by molar-refractivity contribution is 0.271. The lowest BCUT2D eigenvalue weighted by Gasteiger charge is -2.32. The van der Waals surface area contributed by atoms with Crippen LogP contribution in [0.3, 0.4) is 0 Å². The maximum Gasteiger partial charge on any atom is 0.244 e. The first-order valence-electron chi connectivity index (χ1n) is 7.07. The van der Waals surface area contributed by atoms with Gasteiger partial charge in [0.2, 0.25) is 10.0 Å². The van der Waals surface area contributed by atoms with Gasteiger partial charge < -0.3 is 0 Å². The second-order valence-electron chi connectivity index (χ2n) is 5.36. The van der Waals surface area contributed by atoms with E-state index in [4.69, 9.17) is 6.42 Å². The molecule has 0 aromatic heterocycles. The highest BCUT2D eigenvalue weighted by Gasteiger charge is 2.31. The molecule has 3 nitrogen and oxygen atoms in total. The van der Waals surface area contributed by atoms with E-state index in [0.29, 0.717) is 4.90 Å². The smallest absolute Gasteiger partial charge is 0.207 e. The summed E-state index contributed by atoms with van der Waals surface area (Å²) in [5, 5.41) is 0. The van der Waals surface area contributed by atoms with Crippen LogP contribution in [-0.4, -0.2) is 25.3 Å². The van der Waals surface area contributed by atoms with Gasteiger partial charge in [0.25, 0.3) is 0 Å². The van der Waals surface area contributed by atoms with Gasteiger partial charge in [0.05, 0.1) is 11.4 Å². The van der Waals surface area contributed by atoms with Crippen LogP contribution in [0.5, 0.6) is 0 Å². The van der Waals surface area contributed by atoms with E-state index in [1.54, 1.807) is 12.1 Å². The van der Waals surface area contributed by atoms with E-state index < -0.39 is 10.0 Å². The third-order valence-corrected chi connectivity index (χ3v) is 5.77. The van der Waals surface area contributed by atoms with Crippen LogP contribution in [0.25, 0.3) is 0 Å². The Labute approximate surface area is 122 Å². The SMILES string of the molecule is C#CCN(C1CCCCC1)S(=O)(=O)c1ccc(C)cc1. The Morgan fingerprint density at radius 3 is 2.35 bits per heavy atom. The number of hydrogen-bond donors (Lipinski definition) is 0. The average molecular weight is 291 g/mol. The number of nitrogens with zero attached hydrogens (tertiary/aromatic N) is 1. The van der Waals surface area contributed by atoms with Crippen molar-refractivity contribution in [1.29, 1.82) is 0 Å². The van der Waals surface area contributed by atoms with Gasteiger partial charge in [0.15, 0.2) is 0 Å². The molecule has 0 amide bonds. The van der Waals surface area contributed by atoms with Gasteiger partial charge in [-0.15, -0.1) is 6.42 Å². The number of rotatable bonds is 4. The van der Waals surface area contributed by atoms with E-state index >= 15 is 0 Å². The summed E-state index contributed by atoms with van der Waals surface area (Å²) in [5.41, 5.74) is 1.05. The maximum absolute atomic E-state index is 12.8. The predicted octanol–water partition coefficient (Wildman–Crippen LogP) is 2.95. The highest BCUT2D eigenvalue weighted by Crippen LogP contribution is 2.27. The minimum absolute atomic E-state index is 0.0473. The minimum atomic E-state index is -3.49. The Kier molecular flexibility index (Phi) is 4.85. The van der Waals surface area contributed by atoms with Gasteiger partial charge in [-0.3, -0.25) is 0 Å². The molecule has 1 aliphatic rings. The number of sulfonamides is 1. The molecule has 1 aromatic rings. The van der Waals surface area contributed by atoms with Crippen molar-refractivity contribution in [3.05, 3.63) is 29.8 Å². The highest BCUT2D eigenvalue weighted by atomic mass is 32.2. The van der Waals surface area contributed by atoms with Crippen molar-refractivity contribution in [2.75, 3.05) is 6.54 Å². The van der Waals surface area contributed by atoms with E-state index in [1.165, 1.54) is 10.7 Å². The molecule has 1 fully saturated rings. The standard InChI is InChI=1S/C16H21NO2S/c1-3-13-17(15-7-5-4-6-8-15)20(18,19)16-11-9-14(2)10-12-16/h1,9-12,15H,4-8,13H2,2H3. The van der Waals surface area contributed by atoms with Gasteiger partial charge in [0, 0.05) is 6.04 Å². The second kappa shape index (κ2) is 6.43. The first-order chi connectivity index (χ1) is 9.55. The summed E-state index contributed by atoms with van der Waals surface area (Å²) in [6.07, 6.45) is 10.5. The van der Waals surface area contributed by atoms with Crippen LogP contribution in [0.4, 0.5) is 0 Å². The third kappa shape index (κ3) is 3.23. The van der Waals surface area contributed by atoms with Crippen molar-refractivity contribution in [1.82, 2.24) is 4.31 Å². The molecule has 0 atom stereocenters. The Morgan fingerprint density at radius 2 is 1.80 bits per heavy atom. The first-order valence-corrected chi connectivity index (χ1v) is 8.51. The van der Waals surface area contributed by atoms with Crippen molar-refractivity contribution in [2.45, 2.75) is 50.0 Å². The molecular formula is C16H21NO2S. The summed E-state index contributed by atoms with van der Waals surface area (Å²) in [4.78, 5) is 0.337. The van der Waals surface area contributed by atoms with Crippen LogP contribution in [0.15, 0.2) is 29.2 Å². The molecule has 0 N–H and O–H groups in total. The zero-order valence-corrected chi connectivity index (χ0v) is 12.7. The zero-order valence-electron chi connectivity index (χ0n) is 11.9. The molecule has 1 saturated carbocycles. The molecule has 1 aromatic carbocycles. The van der Waals surface area contributed by atoms with Crippen molar-refractivity contribution < 1.29 is 8.42 Å². The Morgan fingerprint density at radius 1 is 1.20 bits per heavy atom.